The Balaban J connectivity index is 3.31. The van der Waals surface area contributed by atoms with Gasteiger partial charge in [-0.15, -0.1) is 0 Å². The van der Waals surface area contributed by atoms with Crippen molar-refractivity contribution in [3.05, 3.63) is 11.6 Å². The van der Waals surface area contributed by atoms with Crippen LogP contribution in [0.25, 0.3) is 0 Å². The molecule has 0 fully saturated rings. The Morgan fingerprint density at radius 1 is 1.08 bits per heavy atom. The summed E-state index contributed by atoms with van der Waals surface area (Å²) in [4.78, 5) is 0. The largest absolute Gasteiger partial charge is 0.0859 e. The molecule has 0 saturated heterocycles. The summed E-state index contributed by atoms with van der Waals surface area (Å²) >= 11 is 0. The molecule has 0 aromatic heterocycles. The molecule has 1 unspecified atom stereocenters. The number of hydrogen-bond acceptors (Lipinski definition) is 0. The standard InChI is InChI=1S/C13H26/c1-11(2)9-7-6-8-10-13(5)12(3)4/h9,12-13H,6-8,10H2,1-5H3. The quantitative estimate of drug-likeness (QED) is 0.408. The van der Waals surface area contributed by atoms with Crippen molar-refractivity contribution in [3.63, 3.8) is 0 Å². The van der Waals surface area contributed by atoms with Crippen LogP contribution >= 0.6 is 0 Å². The van der Waals surface area contributed by atoms with Gasteiger partial charge >= 0.3 is 0 Å². The summed E-state index contributed by atoms with van der Waals surface area (Å²) in [7, 11) is 0. The summed E-state index contributed by atoms with van der Waals surface area (Å²) in [5, 5.41) is 0. The third kappa shape index (κ3) is 8.08. The summed E-state index contributed by atoms with van der Waals surface area (Å²) in [5.74, 6) is 1.75. The van der Waals surface area contributed by atoms with Gasteiger partial charge in [0.05, 0.1) is 0 Å². The lowest BCUT2D eigenvalue weighted by molar-refractivity contribution is 0.378. The lowest BCUT2D eigenvalue weighted by atomic mass is 9.92. The molecule has 0 rings (SSSR count). The van der Waals surface area contributed by atoms with Crippen LogP contribution < -0.4 is 0 Å². The fourth-order valence-corrected chi connectivity index (χ4v) is 1.33. The lowest BCUT2D eigenvalue weighted by Crippen LogP contribution is -2.03. The van der Waals surface area contributed by atoms with E-state index in [0.29, 0.717) is 0 Å². The fourth-order valence-electron chi connectivity index (χ4n) is 1.33. The maximum Gasteiger partial charge on any atom is -0.0348 e. The second kappa shape index (κ2) is 7.17. The minimum Gasteiger partial charge on any atom is -0.0859 e. The third-order valence-corrected chi connectivity index (χ3v) is 2.80. The smallest absolute Gasteiger partial charge is 0.0348 e. The van der Waals surface area contributed by atoms with Crippen molar-refractivity contribution in [2.75, 3.05) is 0 Å². The van der Waals surface area contributed by atoms with Crippen LogP contribution in [-0.2, 0) is 0 Å². The predicted octanol–water partition coefficient (Wildman–Crippen LogP) is 4.81. The summed E-state index contributed by atoms with van der Waals surface area (Å²) in [6.45, 7) is 11.4. The molecule has 0 aliphatic carbocycles. The van der Waals surface area contributed by atoms with Crippen molar-refractivity contribution in [2.24, 2.45) is 11.8 Å². The predicted molar refractivity (Wildman–Crippen MR) is 61.9 cm³/mol. The maximum atomic E-state index is 2.37. The van der Waals surface area contributed by atoms with Crippen molar-refractivity contribution in [1.29, 1.82) is 0 Å². The number of hydrogen-bond donors (Lipinski definition) is 0. The maximum absolute atomic E-state index is 2.37. The van der Waals surface area contributed by atoms with Crippen LogP contribution in [0.1, 0.15) is 60.3 Å². The average Bonchev–Trinajstić information content (AvgIpc) is 2.02. The normalized spacial score (nSPS) is 13.1. The minimum absolute atomic E-state index is 0.850. The van der Waals surface area contributed by atoms with Crippen LogP contribution in [0.5, 0.6) is 0 Å². The van der Waals surface area contributed by atoms with Gasteiger partial charge in [-0.3, -0.25) is 0 Å². The van der Waals surface area contributed by atoms with E-state index in [2.05, 4.69) is 40.7 Å². The van der Waals surface area contributed by atoms with Gasteiger partial charge in [-0.1, -0.05) is 45.3 Å². The van der Waals surface area contributed by atoms with Crippen molar-refractivity contribution in [2.45, 2.75) is 60.3 Å². The van der Waals surface area contributed by atoms with Gasteiger partial charge < -0.3 is 0 Å². The van der Waals surface area contributed by atoms with Crippen LogP contribution in [0.4, 0.5) is 0 Å². The molecule has 0 amide bonds. The number of rotatable bonds is 6. The Kier molecular flexibility index (Phi) is 7.03. The van der Waals surface area contributed by atoms with Crippen molar-refractivity contribution >= 4 is 0 Å². The van der Waals surface area contributed by atoms with E-state index < -0.39 is 0 Å². The Morgan fingerprint density at radius 2 is 1.69 bits per heavy atom. The van der Waals surface area contributed by atoms with Crippen LogP contribution in [0, 0.1) is 11.8 Å². The number of unbranched alkanes of at least 4 members (excludes halogenated alkanes) is 2. The van der Waals surface area contributed by atoms with E-state index in [1.165, 1.54) is 31.3 Å². The van der Waals surface area contributed by atoms with E-state index in [0.717, 1.165) is 11.8 Å². The van der Waals surface area contributed by atoms with Crippen LogP contribution in [0.3, 0.4) is 0 Å². The zero-order valence-electron chi connectivity index (χ0n) is 10.1. The van der Waals surface area contributed by atoms with Gasteiger partial charge in [-0.05, 0) is 38.5 Å². The molecule has 0 N–H and O–H groups in total. The van der Waals surface area contributed by atoms with Gasteiger partial charge in [0.25, 0.3) is 0 Å². The highest BCUT2D eigenvalue weighted by molar-refractivity contribution is 4.92. The van der Waals surface area contributed by atoms with Crippen LogP contribution in [0.2, 0.25) is 0 Å². The zero-order valence-corrected chi connectivity index (χ0v) is 10.1. The van der Waals surface area contributed by atoms with Gasteiger partial charge in [0.1, 0.15) is 0 Å². The first-order chi connectivity index (χ1) is 6.04. The highest BCUT2D eigenvalue weighted by atomic mass is 14.1. The summed E-state index contributed by atoms with van der Waals surface area (Å²) in [6, 6.07) is 0. The molecule has 0 nitrogen and oxygen atoms in total. The summed E-state index contributed by atoms with van der Waals surface area (Å²) in [5.41, 5.74) is 1.46. The third-order valence-electron chi connectivity index (χ3n) is 2.80. The molecule has 0 aliphatic rings. The summed E-state index contributed by atoms with van der Waals surface area (Å²) < 4.78 is 0. The molecule has 0 aromatic carbocycles. The molecular formula is C13H26. The van der Waals surface area contributed by atoms with E-state index in [1.807, 2.05) is 0 Å². The Morgan fingerprint density at radius 3 is 2.15 bits per heavy atom. The van der Waals surface area contributed by atoms with Crippen LogP contribution in [0.15, 0.2) is 11.6 Å². The van der Waals surface area contributed by atoms with E-state index in [9.17, 15) is 0 Å². The van der Waals surface area contributed by atoms with Crippen LogP contribution in [-0.4, -0.2) is 0 Å². The summed E-state index contributed by atoms with van der Waals surface area (Å²) in [6.07, 6.45) is 7.77. The zero-order chi connectivity index (χ0) is 10.3. The second-order valence-corrected chi connectivity index (χ2v) is 4.79. The Bertz CT molecular complexity index is 138. The molecular weight excluding hydrogens is 156 g/mol. The van der Waals surface area contributed by atoms with Gasteiger partial charge in [-0.2, -0.15) is 0 Å². The molecule has 0 spiro atoms. The molecule has 13 heavy (non-hydrogen) atoms. The van der Waals surface area contributed by atoms with Gasteiger partial charge in [0, 0.05) is 0 Å². The molecule has 78 valence electrons. The average molecular weight is 182 g/mol. The highest BCUT2D eigenvalue weighted by Gasteiger charge is 2.05. The van der Waals surface area contributed by atoms with E-state index in [1.54, 1.807) is 0 Å². The number of allylic oxidation sites excluding steroid dienone is 2. The SMILES string of the molecule is CC(C)=CCCCCC(C)C(C)C. The first-order valence-corrected chi connectivity index (χ1v) is 5.67. The molecule has 0 saturated carbocycles. The van der Waals surface area contributed by atoms with E-state index in [4.69, 9.17) is 0 Å². The fraction of sp³-hybridized carbons (Fsp3) is 0.846. The van der Waals surface area contributed by atoms with Gasteiger partial charge in [0.2, 0.25) is 0 Å². The monoisotopic (exact) mass is 182 g/mol. The molecule has 0 bridgehead atoms. The van der Waals surface area contributed by atoms with E-state index >= 15 is 0 Å². The molecule has 0 aliphatic heterocycles. The van der Waals surface area contributed by atoms with Crippen molar-refractivity contribution in [1.82, 2.24) is 0 Å². The molecule has 1 atom stereocenters. The van der Waals surface area contributed by atoms with E-state index in [-0.39, 0.29) is 0 Å². The van der Waals surface area contributed by atoms with Crippen molar-refractivity contribution < 1.29 is 0 Å². The van der Waals surface area contributed by atoms with Gasteiger partial charge in [-0.25, -0.2) is 0 Å². The molecule has 0 aromatic rings. The first kappa shape index (κ1) is 12.7. The molecule has 0 heterocycles. The molecule has 0 heteroatoms. The Labute approximate surface area is 84.4 Å². The second-order valence-electron chi connectivity index (χ2n) is 4.79. The topological polar surface area (TPSA) is 0 Å². The minimum atomic E-state index is 0.850. The van der Waals surface area contributed by atoms with Gasteiger partial charge in [0.15, 0.2) is 0 Å². The highest BCUT2D eigenvalue weighted by Crippen LogP contribution is 2.17. The first-order valence-electron chi connectivity index (χ1n) is 5.67. The van der Waals surface area contributed by atoms with Crippen molar-refractivity contribution in [3.8, 4) is 0 Å². The Hall–Kier alpha value is -0.260. The lowest BCUT2D eigenvalue weighted by Gasteiger charge is -2.14. The molecule has 0 radical (unpaired) electrons.